The van der Waals surface area contributed by atoms with Gasteiger partial charge in [-0.05, 0) is 22.3 Å². The van der Waals surface area contributed by atoms with E-state index < -0.39 is 0 Å². The molecule has 0 saturated carbocycles. The molecule has 1 nitrogen and oxygen atoms in total. The Hall–Kier alpha value is -0.630. The maximum Gasteiger partial charge on any atom is 0.123 e. The Bertz CT molecular complexity index is 453. The molecule has 2 heteroatoms. The molecule has 1 rings (SSSR count). The van der Waals surface area contributed by atoms with Crippen molar-refractivity contribution in [2.24, 2.45) is 5.92 Å². The van der Waals surface area contributed by atoms with Crippen LogP contribution in [-0.4, -0.2) is 5.11 Å². The molecule has 0 atom stereocenters. The molecule has 1 aromatic rings. The molecule has 19 heavy (non-hydrogen) atoms. The van der Waals surface area contributed by atoms with Crippen molar-refractivity contribution < 1.29 is 5.11 Å². The van der Waals surface area contributed by atoms with Crippen molar-refractivity contribution >= 4 is 12.6 Å². The maximum atomic E-state index is 10.5. The number of phenols is 1. The molecular formula is C17H28OS. The van der Waals surface area contributed by atoms with Gasteiger partial charge in [0.15, 0.2) is 0 Å². The van der Waals surface area contributed by atoms with Gasteiger partial charge in [-0.25, -0.2) is 0 Å². The van der Waals surface area contributed by atoms with E-state index in [1.54, 1.807) is 0 Å². The third-order valence-corrected chi connectivity index (χ3v) is 4.70. The predicted molar refractivity (Wildman–Crippen MR) is 87.4 cm³/mol. The van der Waals surface area contributed by atoms with Crippen LogP contribution in [0, 0.1) is 5.92 Å². The second-order valence-corrected chi connectivity index (χ2v) is 7.63. The highest BCUT2D eigenvalue weighted by molar-refractivity contribution is 7.79. The molecule has 0 aromatic heterocycles. The van der Waals surface area contributed by atoms with Crippen LogP contribution < -0.4 is 0 Å². The number of thiol groups is 1. The fourth-order valence-electron chi connectivity index (χ4n) is 2.05. The van der Waals surface area contributed by atoms with Gasteiger partial charge in [-0.1, -0.05) is 60.6 Å². The molecule has 0 aliphatic rings. The Morgan fingerprint density at radius 2 is 1.63 bits per heavy atom. The molecule has 0 saturated heterocycles. The van der Waals surface area contributed by atoms with Crippen LogP contribution in [0.1, 0.15) is 65.2 Å². The number of phenolic OH excluding ortho intramolecular Hbond substituents is 1. The monoisotopic (exact) mass is 280 g/mol. The Morgan fingerprint density at radius 3 is 2.00 bits per heavy atom. The first kappa shape index (κ1) is 16.4. The number of rotatable bonds is 3. The van der Waals surface area contributed by atoms with Gasteiger partial charge in [-0.3, -0.25) is 0 Å². The minimum absolute atomic E-state index is 0.0525. The van der Waals surface area contributed by atoms with Crippen LogP contribution in [0.15, 0.2) is 12.1 Å². The molecule has 1 N–H and O–H groups in total. The van der Waals surface area contributed by atoms with Gasteiger partial charge in [-0.15, -0.1) is 0 Å². The van der Waals surface area contributed by atoms with Crippen molar-refractivity contribution in [3.05, 3.63) is 28.8 Å². The van der Waals surface area contributed by atoms with Crippen LogP contribution in [0.25, 0.3) is 0 Å². The van der Waals surface area contributed by atoms with E-state index in [9.17, 15) is 5.11 Å². The van der Waals surface area contributed by atoms with E-state index in [1.807, 2.05) is 0 Å². The standard InChI is InChI=1S/C17H28OS/c1-11(2)17(6,7)14-9-13(16(3,4)5)8-12(10-19)15(14)18/h8-9,11,18-19H,10H2,1-7H3. The van der Waals surface area contributed by atoms with Gasteiger partial charge in [0.05, 0.1) is 0 Å². The van der Waals surface area contributed by atoms with Crippen molar-refractivity contribution in [1.82, 2.24) is 0 Å². The highest BCUT2D eigenvalue weighted by Gasteiger charge is 2.30. The minimum atomic E-state index is -0.0525. The molecular weight excluding hydrogens is 252 g/mol. The Balaban J connectivity index is 3.55. The van der Waals surface area contributed by atoms with Crippen LogP contribution in [0.5, 0.6) is 5.75 Å². The van der Waals surface area contributed by atoms with Gasteiger partial charge in [0.1, 0.15) is 5.75 Å². The summed E-state index contributed by atoms with van der Waals surface area (Å²) >= 11 is 4.36. The molecule has 108 valence electrons. The first-order valence-corrected chi connectivity index (χ1v) is 7.62. The average Bonchev–Trinajstić information content (AvgIpc) is 2.27. The van der Waals surface area contributed by atoms with Crippen molar-refractivity contribution in [1.29, 1.82) is 0 Å². The van der Waals surface area contributed by atoms with E-state index in [4.69, 9.17) is 0 Å². The summed E-state index contributed by atoms with van der Waals surface area (Å²) in [7, 11) is 0. The molecule has 0 unspecified atom stereocenters. The normalized spacial score (nSPS) is 13.1. The van der Waals surface area contributed by atoms with E-state index in [2.05, 4.69) is 73.2 Å². The summed E-state index contributed by atoms with van der Waals surface area (Å²) in [5.74, 6) is 1.44. The molecule has 0 aliphatic carbocycles. The minimum Gasteiger partial charge on any atom is -0.507 e. The van der Waals surface area contributed by atoms with Gasteiger partial charge in [0.25, 0.3) is 0 Å². The quantitative estimate of drug-likeness (QED) is 0.742. The fraction of sp³-hybridized carbons (Fsp3) is 0.647. The summed E-state index contributed by atoms with van der Waals surface area (Å²) < 4.78 is 0. The van der Waals surface area contributed by atoms with Gasteiger partial charge in [0.2, 0.25) is 0 Å². The van der Waals surface area contributed by atoms with E-state index in [1.165, 1.54) is 5.56 Å². The molecule has 0 spiro atoms. The lowest BCUT2D eigenvalue weighted by atomic mass is 9.72. The molecule has 0 fully saturated rings. The smallest absolute Gasteiger partial charge is 0.123 e. The van der Waals surface area contributed by atoms with E-state index in [0.29, 0.717) is 17.4 Å². The molecule has 0 bridgehead atoms. The van der Waals surface area contributed by atoms with Crippen LogP contribution in [-0.2, 0) is 16.6 Å². The van der Waals surface area contributed by atoms with E-state index in [-0.39, 0.29) is 10.8 Å². The summed E-state index contributed by atoms with van der Waals surface area (Å²) in [5, 5.41) is 10.5. The maximum absolute atomic E-state index is 10.5. The lowest BCUT2D eigenvalue weighted by molar-refractivity contribution is 0.349. The topological polar surface area (TPSA) is 20.2 Å². The largest absolute Gasteiger partial charge is 0.507 e. The summed E-state index contributed by atoms with van der Waals surface area (Å²) in [5.41, 5.74) is 3.26. The molecule has 1 aromatic carbocycles. The second-order valence-electron chi connectivity index (χ2n) is 7.32. The number of benzene rings is 1. The summed E-state index contributed by atoms with van der Waals surface area (Å²) in [6.45, 7) is 15.4. The van der Waals surface area contributed by atoms with E-state index >= 15 is 0 Å². The Labute approximate surface area is 123 Å². The zero-order valence-corrected chi connectivity index (χ0v) is 14.2. The molecule has 0 radical (unpaired) electrons. The van der Waals surface area contributed by atoms with Crippen LogP contribution in [0.2, 0.25) is 0 Å². The summed E-state index contributed by atoms with van der Waals surface area (Å²) in [4.78, 5) is 0. The predicted octanol–water partition coefficient (Wildman–Crippen LogP) is 5.05. The van der Waals surface area contributed by atoms with Crippen LogP contribution >= 0.6 is 12.6 Å². The molecule has 0 aliphatic heterocycles. The third kappa shape index (κ3) is 3.28. The zero-order valence-electron chi connectivity index (χ0n) is 13.3. The van der Waals surface area contributed by atoms with Gasteiger partial charge in [-0.2, -0.15) is 12.6 Å². The van der Waals surface area contributed by atoms with Crippen molar-refractivity contribution in [2.75, 3.05) is 0 Å². The van der Waals surface area contributed by atoms with Crippen molar-refractivity contribution in [3.8, 4) is 5.75 Å². The first-order chi connectivity index (χ1) is 8.51. The third-order valence-electron chi connectivity index (χ3n) is 4.36. The van der Waals surface area contributed by atoms with Crippen LogP contribution in [0.3, 0.4) is 0 Å². The number of hydrogen-bond donors (Lipinski definition) is 2. The van der Waals surface area contributed by atoms with Crippen molar-refractivity contribution in [2.45, 2.75) is 65.0 Å². The summed E-state index contributed by atoms with van der Waals surface area (Å²) in [6, 6.07) is 4.25. The van der Waals surface area contributed by atoms with Gasteiger partial charge >= 0.3 is 0 Å². The fourth-order valence-corrected chi connectivity index (χ4v) is 2.29. The molecule has 0 amide bonds. The Kier molecular flexibility index (Phi) is 4.66. The van der Waals surface area contributed by atoms with Crippen LogP contribution in [0.4, 0.5) is 0 Å². The van der Waals surface area contributed by atoms with Gasteiger partial charge in [0, 0.05) is 16.9 Å². The first-order valence-electron chi connectivity index (χ1n) is 6.99. The lowest BCUT2D eigenvalue weighted by Gasteiger charge is -2.33. The Morgan fingerprint density at radius 1 is 1.11 bits per heavy atom. The second kappa shape index (κ2) is 5.40. The SMILES string of the molecule is CC(C)C(C)(C)c1cc(C(C)(C)C)cc(CS)c1O. The zero-order chi connectivity index (χ0) is 15.0. The van der Waals surface area contributed by atoms with E-state index in [0.717, 1.165) is 11.1 Å². The highest BCUT2D eigenvalue weighted by Crippen LogP contribution is 2.41. The highest BCUT2D eigenvalue weighted by atomic mass is 32.1. The lowest BCUT2D eigenvalue weighted by Crippen LogP contribution is -2.26. The van der Waals surface area contributed by atoms with Crippen molar-refractivity contribution in [3.63, 3.8) is 0 Å². The summed E-state index contributed by atoms with van der Waals surface area (Å²) in [6.07, 6.45) is 0. The molecule has 0 heterocycles. The van der Waals surface area contributed by atoms with Gasteiger partial charge < -0.3 is 5.11 Å². The number of aromatic hydroxyl groups is 1. The average molecular weight is 280 g/mol. The number of hydrogen-bond acceptors (Lipinski definition) is 2.